The first-order chi connectivity index (χ1) is 8.53. The molecule has 6 nitrogen and oxygen atoms in total. The number of nitrogens with one attached hydrogen (secondary N) is 2. The molecule has 1 rings (SSSR count). The normalized spacial score (nSPS) is 13.7. The number of aryl methyl sites for hydroxylation is 1. The molecule has 7 heteroatoms. The van der Waals surface area contributed by atoms with E-state index in [-0.39, 0.29) is 11.1 Å². The van der Waals surface area contributed by atoms with E-state index in [4.69, 9.17) is 5.73 Å². The minimum atomic E-state index is -3.54. The number of nitrogens with two attached hydrogens (primary N) is 1. The van der Waals surface area contributed by atoms with Gasteiger partial charge in [0.2, 0.25) is 0 Å². The van der Waals surface area contributed by atoms with Crippen LogP contribution in [-0.4, -0.2) is 31.0 Å². The first-order valence-electron chi connectivity index (χ1n) is 6.29. The minimum absolute atomic E-state index is 0.106. The molecule has 0 aliphatic rings. The summed E-state index contributed by atoms with van der Waals surface area (Å²) in [5, 5.41) is 0.106. The summed E-state index contributed by atoms with van der Waals surface area (Å²) in [5.74, 6) is 0.660. The van der Waals surface area contributed by atoms with Crippen molar-refractivity contribution in [3.8, 4) is 0 Å². The summed E-state index contributed by atoms with van der Waals surface area (Å²) in [6.45, 7) is 4.27. The molecule has 0 aliphatic heterocycles. The van der Waals surface area contributed by atoms with Crippen LogP contribution in [0.5, 0.6) is 0 Å². The summed E-state index contributed by atoms with van der Waals surface area (Å²) in [6.07, 6.45) is 4.73. The largest absolute Gasteiger partial charge is 0.332 e. The van der Waals surface area contributed by atoms with Gasteiger partial charge in [0.15, 0.2) is 5.03 Å². The Hall–Kier alpha value is -0.920. The Morgan fingerprint density at radius 1 is 1.50 bits per heavy atom. The van der Waals surface area contributed by atoms with Crippen molar-refractivity contribution in [3.63, 3.8) is 0 Å². The van der Waals surface area contributed by atoms with Gasteiger partial charge in [-0.05, 0) is 6.42 Å². The van der Waals surface area contributed by atoms with Crippen LogP contribution in [0, 0.1) is 0 Å². The van der Waals surface area contributed by atoms with E-state index in [0.29, 0.717) is 18.8 Å². The van der Waals surface area contributed by atoms with Crippen molar-refractivity contribution < 1.29 is 8.42 Å². The number of rotatable bonds is 8. The fourth-order valence-electron chi connectivity index (χ4n) is 1.62. The monoisotopic (exact) mass is 274 g/mol. The second kappa shape index (κ2) is 6.86. The highest BCUT2D eigenvalue weighted by atomic mass is 32.2. The van der Waals surface area contributed by atoms with E-state index in [1.165, 1.54) is 6.20 Å². The number of aromatic amines is 1. The number of hydrogen-bond donors (Lipinski definition) is 3. The van der Waals surface area contributed by atoms with E-state index in [2.05, 4.69) is 21.6 Å². The molecule has 0 saturated heterocycles. The summed E-state index contributed by atoms with van der Waals surface area (Å²) < 4.78 is 26.7. The highest BCUT2D eigenvalue weighted by Gasteiger charge is 2.20. The lowest BCUT2D eigenvalue weighted by atomic mass is 10.1. The number of hydrogen-bond acceptors (Lipinski definition) is 4. The van der Waals surface area contributed by atoms with Crippen molar-refractivity contribution in [2.24, 2.45) is 5.73 Å². The van der Waals surface area contributed by atoms with Crippen LogP contribution in [0.25, 0.3) is 0 Å². The van der Waals surface area contributed by atoms with Gasteiger partial charge in [0.05, 0.1) is 6.20 Å². The van der Waals surface area contributed by atoms with E-state index in [1.54, 1.807) is 0 Å². The Kier molecular flexibility index (Phi) is 5.77. The van der Waals surface area contributed by atoms with E-state index in [0.717, 1.165) is 19.3 Å². The van der Waals surface area contributed by atoms with Gasteiger partial charge >= 0.3 is 0 Å². The zero-order valence-electron chi connectivity index (χ0n) is 10.9. The van der Waals surface area contributed by atoms with E-state index >= 15 is 0 Å². The van der Waals surface area contributed by atoms with Crippen LogP contribution >= 0.6 is 0 Å². The molecule has 0 aliphatic carbocycles. The first kappa shape index (κ1) is 15.1. The summed E-state index contributed by atoms with van der Waals surface area (Å²) >= 11 is 0. The molecule has 0 bridgehead atoms. The quantitative estimate of drug-likeness (QED) is 0.651. The molecule has 4 N–H and O–H groups in total. The molecular weight excluding hydrogens is 252 g/mol. The van der Waals surface area contributed by atoms with Gasteiger partial charge < -0.3 is 10.7 Å². The highest BCUT2D eigenvalue weighted by Crippen LogP contribution is 2.08. The van der Waals surface area contributed by atoms with Crippen LogP contribution in [0.15, 0.2) is 11.2 Å². The lowest BCUT2D eigenvalue weighted by Crippen LogP contribution is -2.40. The molecule has 1 aromatic rings. The summed E-state index contributed by atoms with van der Waals surface area (Å²) in [4.78, 5) is 6.78. The molecule has 1 heterocycles. The molecule has 1 unspecified atom stereocenters. The molecule has 0 aromatic carbocycles. The van der Waals surface area contributed by atoms with Gasteiger partial charge in [-0.3, -0.25) is 0 Å². The molecule has 104 valence electrons. The number of nitrogens with zero attached hydrogens (tertiary/aromatic N) is 1. The van der Waals surface area contributed by atoms with Crippen molar-refractivity contribution in [2.75, 3.05) is 6.54 Å². The third-order valence-electron chi connectivity index (χ3n) is 2.74. The fraction of sp³-hybridized carbons (Fsp3) is 0.727. The van der Waals surface area contributed by atoms with E-state index in [9.17, 15) is 8.42 Å². The SMILES string of the molecule is CCCCC(CN)NS(=O)(=O)c1cnc(CC)[nH]1. The maximum Gasteiger partial charge on any atom is 0.257 e. The van der Waals surface area contributed by atoms with Crippen LogP contribution < -0.4 is 10.5 Å². The van der Waals surface area contributed by atoms with Gasteiger partial charge in [0.25, 0.3) is 10.0 Å². The van der Waals surface area contributed by atoms with Crippen molar-refractivity contribution in [1.82, 2.24) is 14.7 Å². The summed E-state index contributed by atoms with van der Waals surface area (Å²) in [6, 6.07) is -0.219. The van der Waals surface area contributed by atoms with Gasteiger partial charge in [-0.15, -0.1) is 0 Å². The predicted molar refractivity (Wildman–Crippen MR) is 70.7 cm³/mol. The molecule has 0 spiro atoms. The summed E-state index contributed by atoms with van der Waals surface area (Å²) in [7, 11) is -3.54. The van der Waals surface area contributed by atoms with Gasteiger partial charge in [0, 0.05) is 19.0 Å². The molecule has 0 saturated carbocycles. The molecule has 0 amide bonds. The molecular formula is C11H22N4O2S. The van der Waals surface area contributed by atoms with Gasteiger partial charge in [-0.2, -0.15) is 0 Å². The van der Waals surface area contributed by atoms with E-state index in [1.807, 2.05) is 6.92 Å². The number of sulfonamides is 1. The number of H-pyrrole nitrogens is 1. The maximum absolute atomic E-state index is 12.1. The zero-order chi connectivity index (χ0) is 13.6. The lowest BCUT2D eigenvalue weighted by Gasteiger charge is -2.15. The van der Waals surface area contributed by atoms with Crippen LogP contribution in [-0.2, 0) is 16.4 Å². The van der Waals surface area contributed by atoms with Crippen LogP contribution in [0.2, 0.25) is 0 Å². The molecule has 18 heavy (non-hydrogen) atoms. The molecule has 0 fully saturated rings. The average Bonchev–Trinajstić information content (AvgIpc) is 2.83. The third kappa shape index (κ3) is 4.08. The second-order valence-electron chi connectivity index (χ2n) is 4.24. The fourth-order valence-corrected chi connectivity index (χ4v) is 2.84. The van der Waals surface area contributed by atoms with Crippen molar-refractivity contribution in [1.29, 1.82) is 0 Å². The van der Waals surface area contributed by atoms with Crippen molar-refractivity contribution in [2.45, 2.75) is 50.6 Å². The van der Waals surface area contributed by atoms with E-state index < -0.39 is 10.0 Å². The Bertz CT molecular complexity index is 455. The number of aromatic nitrogens is 2. The summed E-state index contributed by atoms with van der Waals surface area (Å²) in [5.41, 5.74) is 5.58. The second-order valence-corrected chi connectivity index (χ2v) is 5.93. The van der Waals surface area contributed by atoms with Crippen molar-refractivity contribution >= 4 is 10.0 Å². The highest BCUT2D eigenvalue weighted by molar-refractivity contribution is 7.89. The minimum Gasteiger partial charge on any atom is -0.332 e. The van der Waals surface area contributed by atoms with Crippen molar-refractivity contribution in [3.05, 3.63) is 12.0 Å². The van der Waals surface area contributed by atoms with Crippen LogP contribution in [0.3, 0.4) is 0 Å². The topological polar surface area (TPSA) is 101 Å². The Labute approximate surface area is 108 Å². The Balaban J connectivity index is 2.73. The third-order valence-corrected chi connectivity index (χ3v) is 4.17. The number of unbranched alkanes of at least 4 members (excludes halogenated alkanes) is 1. The van der Waals surface area contributed by atoms with Crippen LogP contribution in [0.4, 0.5) is 0 Å². The number of imidazole rings is 1. The molecule has 0 radical (unpaired) electrons. The zero-order valence-corrected chi connectivity index (χ0v) is 11.8. The molecule has 1 atom stereocenters. The Morgan fingerprint density at radius 3 is 2.72 bits per heavy atom. The lowest BCUT2D eigenvalue weighted by molar-refractivity contribution is 0.514. The Morgan fingerprint density at radius 2 is 2.22 bits per heavy atom. The predicted octanol–water partition coefficient (Wildman–Crippen LogP) is 0.768. The average molecular weight is 274 g/mol. The first-order valence-corrected chi connectivity index (χ1v) is 7.78. The van der Waals surface area contributed by atoms with Gasteiger partial charge in [-0.25, -0.2) is 18.1 Å². The molecule has 1 aromatic heterocycles. The smallest absolute Gasteiger partial charge is 0.257 e. The van der Waals surface area contributed by atoms with Gasteiger partial charge in [-0.1, -0.05) is 26.7 Å². The van der Waals surface area contributed by atoms with Crippen LogP contribution in [0.1, 0.15) is 38.9 Å². The standard InChI is InChI=1S/C11H22N4O2S/c1-3-5-6-9(7-12)15-18(16,17)11-8-13-10(4-2)14-11/h8-9,15H,3-7,12H2,1-2H3,(H,13,14). The maximum atomic E-state index is 12.1. The van der Waals surface area contributed by atoms with Gasteiger partial charge in [0.1, 0.15) is 5.82 Å².